The molecule has 0 bridgehead atoms. The Balaban J connectivity index is 1.49. The van der Waals surface area contributed by atoms with E-state index in [4.69, 9.17) is 9.68 Å². The van der Waals surface area contributed by atoms with Gasteiger partial charge in [-0.1, -0.05) is 6.07 Å². The number of nitrogens with zero attached hydrogens (tertiary/aromatic N) is 3. The van der Waals surface area contributed by atoms with Gasteiger partial charge in [0.05, 0.1) is 35.7 Å². The van der Waals surface area contributed by atoms with Crippen molar-refractivity contribution >= 4 is 16.7 Å². The molecule has 0 saturated heterocycles. The summed E-state index contributed by atoms with van der Waals surface area (Å²) in [6.45, 7) is 0. The third-order valence-corrected chi connectivity index (χ3v) is 5.11. The molecule has 0 radical (unpaired) electrons. The Morgan fingerprint density at radius 1 is 1.26 bits per heavy atom. The van der Waals surface area contributed by atoms with Gasteiger partial charge < -0.3 is 9.73 Å². The Bertz CT molecular complexity index is 1150. The van der Waals surface area contributed by atoms with Crippen molar-refractivity contribution in [3.8, 4) is 17.5 Å². The van der Waals surface area contributed by atoms with Crippen molar-refractivity contribution in [2.24, 2.45) is 0 Å². The van der Waals surface area contributed by atoms with Gasteiger partial charge in [-0.15, -0.1) is 0 Å². The minimum Gasteiger partial charge on any atom is -0.463 e. The molecule has 27 heavy (non-hydrogen) atoms. The second-order valence-electron chi connectivity index (χ2n) is 6.78. The van der Waals surface area contributed by atoms with E-state index in [1.54, 1.807) is 12.5 Å². The van der Waals surface area contributed by atoms with E-state index in [0.717, 1.165) is 53.0 Å². The van der Waals surface area contributed by atoms with E-state index >= 15 is 0 Å². The van der Waals surface area contributed by atoms with Crippen LogP contribution < -0.4 is 5.32 Å². The predicted octanol–water partition coefficient (Wildman–Crippen LogP) is 4.58. The van der Waals surface area contributed by atoms with Crippen molar-refractivity contribution in [3.63, 3.8) is 0 Å². The Kier molecular flexibility index (Phi) is 3.65. The third kappa shape index (κ3) is 2.74. The third-order valence-electron chi connectivity index (χ3n) is 5.11. The van der Waals surface area contributed by atoms with Gasteiger partial charge in [0.2, 0.25) is 0 Å². The average Bonchev–Trinajstić information content (AvgIpc) is 3.37. The molecule has 0 amide bonds. The fourth-order valence-electron chi connectivity index (χ4n) is 3.81. The summed E-state index contributed by atoms with van der Waals surface area (Å²) >= 11 is 0. The molecular formula is C21H17N5O. The molecule has 2 N–H and O–H groups in total. The van der Waals surface area contributed by atoms with Gasteiger partial charge in [-0.05, 0) is 60.7 Å². The number of hydrogen-bond acceptors (Lipinski definition) is 5. The molecule has 1 aliphatic rings. The fraction of sp³-hybridized carbons (Fsp3) is 0.190. The van der Waals surface area contributed by atoms with Crippen LogP contribution in [0.25, 0.3) is 22.4 Å². The number of fused-ring (bicyclic) bond motifs is 2. The quantitative estimate of drug-likeness (QED) is 0.561. The minimum atomic E-state index is 0.186. The molecule has 3 aromatic heterocycles. The molecule has 1 aromatic carbocycles. The average molecular weight is 355 g/mol. The molecule has 5 rings (SSSR count). The monoisotopic (exact) mass is 355 g/mol. The molecule has 0 fully saturated rings. The highest BCUT2D eigenvalue weighted by Crippen LogP contribution is 2.34. The number of hydrogen-bond donors (Lipinski definition) is 2. The number of pyridine rings is 1. The van der Waals surface area contributed by atoms with Crippen molar-refractivity contribution in [1.29, 1.82) is 5.26 Å². The van der Waals surface area contributed by atoms with Gasteiger partial charge in [0.15, 0.2) is 5.76 Å². The summed E-state index contributed by atoms with van der Waals surface area (Å²) in [5, 5.41) is 21.0. The van der Waals surface area contributed by atoms with Crippen LogP contribution in [0.15, 0.2) is 53.3 Å². The zero-order valence-corrected chi connectivity index (χ0v) is 14.6. The summed E-state index contributed by atoms with van der Waals surface area (Å²) in [6, 6.07) is 14.1. The fourth-order valence-corrected chi connectivity index (χ4v) is 3.81. The van der Waals surface area contributed by atoms with E-state index < -0.39 is 0 Å². The lowest BCUT2D eigenvalue weighted by atomic mass is 9.86. The van der Waals surface area contributed by atoms with Crippen molar-refractivity contribution in [2.45, 2.75) is 25.3 Å². The first kappa shape index (κ1) is 15.6. The lowest BCUT2D eigenvalue weighted by molar-refractivity contribution is 0.580. The highest BCUT2D eigenvalue weighted by Gasteiger charge is 2.21. The second kappa shape index (κ2) is 6.29. The smallest absolute Gasteiger partial charge is 0.154 e. The number of nitrogens with one attached hydrogen (secondary N) is 2. The van der Waals surface area contributed by atoms with E-state index in [0.29, 0.717) is 0 Å². The van der Waals surface area contributed by atoms with Gasteiger partial charge in [0.25, 0.3) is 0 Å². The summed E-state index contributed by atoms with van der Waals surface area (Å²) in [5.74, 6) is 1.53. The molecule has 132 valence electrons. The van der Waals surface area contributed by atoms with Gasteiger partial charge in [-0.2, -0.15) is 10.4 Å². The van der Waals surface area contributed by atoms with Crippen molar-refractivity contribution < 1.29 is 4.42 Å². The second-order valence-corrected chi connectivity index (χ2v) is 6.78. The van der Waals surface area contributed by atoms with E-state index in [1.807, 2.05) is 30.3 Å². The first-order valence-corrected chi connectivity index (χ1v) is 8.99. The SMILES string of the molecule is N#Cc1ccc2c(c1)CCC[C@@H]2Nc1cc2c(-c3ccco3)n[nH]c2cn1. The molecule has 1 atom stereocenters. The van der Waals surface area contributed by atoms with Crippen molar-refractivity contribution in [2.75, 3.05) is 5.32 Å². The van der Waals surface area contributed by atoms with Crippen LogP contribution in [-0.4, -0.2) is 15.2 Å². The molecule has 3 heterocycles. The molecule has 0 saturated carbocycles. The summed E-state index contributed by atoms with van der Waals surface area (Å²) in [7, 11) is 0. The number of anilines is 1. The molecule has 0 unspecified atom stereocenters. The van der Waals surface area contributed by atoms with Gasteiger partial charge in [-0.25, -0.2) is 4.98 Å². The Labute approximate surface area is 155 Å². The standard InChI is InChI=1S/C21H17N5O/c22-11-13-6-7-15-14(9-13)3-1-4-17(15)24-20-10-16-18(12-23-20)25-26-21(16)19-5-2-8-27-19/h2,5-10,12,17H,1,3-4H2,(H,23,24)(H,25,26)/t17-/m0/s1. The van der Waals surface area contributed by atoms with Crippen LogP contribution in [0.2, 0.25) is 0 Å². The maximum absolute atomic E-state index is 9.13. The van der Waals surface area contributed by atoms with Crippen LogP contribution in [0.5, 0.6) is 0 Å². The molecule has 4 aromatic rings. The van der Waals surface area contributed by atoms with Gasteiger partial charge in [-0.3, -0.25) is 5.10 Å². The van der Waals surface area contributed by atoms with Gasteiger partial charge in [0, 0.05) is 5.39 Å². The van der Waals surface area contributed by atoms with Crippen LogP contribution in [0.4, 0.5) is 5.82 Å². The molecule has 0 spiro atoms. The summed E-state index contributed by atoms with van der Waals surface area (Å²) in [4.78, 5) is 4.54. The number of nitriles is 1. The van der Waals surface area contributed by atoms with Crippen LogP contribution in [0.1, 0.15) is 35.6 Å². The Morgan fingerprint density at radius 3 is 3.07 bits per heavy atom. The van der Waals surface area contributed by atoms with E-state index in [-0.39, 0.29) is 6.04 Å². The molecule has 6 heteroatoms. The molecule has 6 nitrogen and oxygen atoms in total. The summed E-state index contributed by atoms with van der Waals surface area (Å²) in [5.41, 5.74) is 4.87. The number of furan rings is 1. The summed E-state index contributed by atoms with van der Waals surface area (Å²) in [6.07, 6.45) is 6.57. The van der Waals surface area contributed by atoms with Crippen LogP contribution in [0, 0.1) is 11.3 Å². The maximum Gasteiger partial charge on any atom is 0.154 e. The first-order valence-electron chi connectivity index (χ1n) is 8.99. The van der Waals surface area contributed by atoms with Crippen molar-refractivity contribution in [3.05, 3.63) is 65.5 Å². The van der Waals surface area contributed by atoms with Gasteiger partial charge >= 0.3 is 0 Å². The van der Waals surface area contributed by atoms with E-state index in [2.05, 4.69) is 32.6 Å². The van der Waals surface area contributed by atoms with Gasteiger partial charge in [0.1, 0.15) is 11.5 Å². The number of aryl methyl sites for hydroxylation is 1. The van der Waals surface area contributed by atoms with E-state index in [1.165, 1.54) is 11.1 Å². The number of benzene rings is 1. The zero-order valence-electron chi connectivity index (χ0n) is 14.6. The highest BCUT2D eigenvalue weighted by molar-refractivity contribution is 5.92. The summed E-state index contributed by atoms with van der Waals surface area (Å²) < 4.78 is 5.49. The number of aromatic nitrogens is 3. The van der Waals surface area contributed by atoms with Crippen LogP contribution in [-0.2, 0) is 6.42 Å². The lowest BCUT2D eigenvalue weighted by Gasteiger charge is -2.27. The lowest BCUT2D eigenvalue weighted by Crippen LogP contribution is -2.18. The number of aromatic amines is 1. The molecular weight excluding hydrogens is 338 g/mol. The number of H-pyrrole nitrogens is 1. The Morgan fingerprint density at radius 2 is 2.22 bits per heavy atom. The van der Waals surface area contributed by atoms with Crippen LogP contribution >= 0.6 is 0 Å². The van der Waals surface area contributed by atoms with Crippen LogP contribution in [0.3, 0.4) is 0 Å². The largest absolute Gasteiger partial charge is 0.463 e. The topological polar surface area (TPSA) is 90.5 Å². The zero-order chi connectivity index (χ0) is 18.2. The van der Waals surface area contributed by atoms with Crippen molar-refractivity contribution in [1.82, 2.24) is 15.2 Å². The molecule has 0 aliphatic heterocycles. The minimum absolute atomic E-state index is 0.186. The molecule has 1 aliphatic carbocycles. The maximum atomic E-state index is 9.13. The first-order chi connectivity index (χ1) is 13.3. The Hall–Kier alpha value is -3.59. The number of rotatable bonds is 3. The predicted molar refractivity (Wildman–Crippen MR) is 102 cm³/mol. The van der Waals surface area contributed by atoms with E-state index in [9.17, 15) is 0 Å². The normalized spacial score (nSPS) is 16.0. The highest BCUT2D eigenvalue weighted by atomic mass is 16.3.